The largest absolute Gasteiger partial charge is 0.491 e. The first kappa shape index (κ1) is 15.6. The van der Waals surface area contributed by atoms with E-state index in [1.54, 1.807) is 0 Å². The number of aryl methyl sites for hydroxylation is 1. The highest BCUT2D eigenvalue weighted by Crippen LogP contribution is 2.24. The minimum absolute atomic E-state index is 0.127. The first-order valence-electron chi connectivity index (χ1n) is 7.34. The Morgan fingerprint density at radius 3 is 2.29 bits per heavy atom. The van der Waals surface area contributed by atoms with Gasteiger partial charge in [-0.25, -0.2) is 0 Å². The second-order valence-electron chi connectivity index (χ2n) is 6.52. The van der Waals surface area contributed by atoms with Crippen molar-refractivity contribution in [3.8, 4) is 5.75 Å². The van der Waals surface area contributed by atoms with Crippen molar-refractivity contribution < 1.29 is 9.84 Å². The molecular formula is C19H24O2. The first-order valence-corrected chi connectivity index (χ1v) is 7.34. The molecule has 0 spiro atoms. The molecule has 1 atom stereocenters. The highest BCUT2D eigenvalue weighted by molar-refractivity contribution is 5.30. The molecule has 0 bridgehead atoms. The van der Waals surface area contributed by atoms with Crippen LogP contribution in [0.1, 0.15) is 43.6 Å². The molecule has 0 aromatic heterocycles. The fourth-order valence-corrected chi connectivity index (χ4v) is 2.18. The Morgan fingerprint density at radius 2 is 1.71 bits per heavy atom. The van der Waals surface area contributed by atoms with E-state index in [2.05, 4.69) is 32.9 Å². The molecule has 0 aliphatic rings. The maximum atomic E-state index is 10.2. The average molecular weight is 284 g/mol. The van der Waals surface area contributed by atoms with Crippen LogP contribution in [-0.4, -0.2) is 11.7 Å². The first-order chi connectivity index (χ1) is 9.86. The Balaban J connectivity index is 1.99. The van der Waals surface area contributed by atoms with E-state index in [4.69, 9.17) is 4.74 Å². The van der Waals surface area contributed by atoms with Crippen molar-refractivity contribution in [2.24, 2.45) is 0 Å². The molecule has 1 N–H and O–H groups in total. The second-order valence-corrected chi connectivity index (χ2v) is 6.52. The second kappa shape index (κ2) is 6.31. The molecule has 0 amide bonds. The fourth-order valence-electron chi connectivity index (χ4n) is 2.18. The zero-order chi connectivity index (χ0) is 15.5. The SMILES string of the molecule is Cc1cccc(OCC(O)c2ccc(C(C)(C)C)cc2)c1. The van der Waals surface area contributed by atoms with Gasteiger partial charge in [0.1, 0.15) is 18.5 Å². The lowest BCUT2D eigenvalue weighted by molar-refractivity contribution is 0.108. The van der Waals surface area contributed by atoms with Crippen LogP contribution in [-0.2, 0) is 5.41 Å². The molecule has 0 saturated carbocycles. The number of benzene rings is 2. The Hall–Kier alpha value is -1.80. The molecule has 2 aromatic carbocycles. The molecular weight excluding hydrogens is 260 g/mol. The highest BCUT2D eigenvalue weighted by atomic mass is 16.5. The van der Waals surface area contributed by atoms with E-state index in [0.717, 1.165) is 16.9 Å². The third-order valence-corrected chi connectivity index (χ3v) is 3.56. The zero-order valence-electron chi connectivity index (χ0n) is 13.3. The lowest BCUT2D eigenvalue weighted by Crippen LogP contribution is -2.13. The van der Waals surface area contributed by atoms with Crippen molar-refractivity contribution >= 4 is 0 Å². The number of hydrogen-bond donors (Lipinski definition) is 1. The summed E-state index contributed by atoms with van der Waals surface area (Å²) < 4.78 is 5.65. The van der Waals surface area contributed by atoms with Crippen LogP contribution in [0.25, 0.3) is 0 Å². The van der Waals surface area contributed by atoms with Gasteiger partial charge in [0.2, 0.25) is 0 Å². The smallest absolute Gasteiger partial charge is 0.119 e. The molecule has 1 unspecified atom stereocenters. The Bertz CT molecular complexity index is 579. The van der Waals surface area contributed by atoms with Crippen LogP contribution in [0.2, 0.25) is 0 Å². The van der Waals surface area contributed by atoms with Gasteiger partial charge < -0.3 is 9.84 Å². The van der Waals surface area contributed by atoms with E-state index in [0.29, 0.717) is 0 Å². The van der Waals surface area contributed by atoms with Crippen LogP contribution in [0.5, 0.6) is 5.75 Å². The van der Waals surface area contributed by atoms with Crippen molar-refractivity contribution in [2.45, 2.75) is 39.2 Å². The molecule has 2 aromatic rings. The summed E-state index contributed by atoms with van der Waals surface area (Å²) in [6, 6.07) is 16.0. The van der Waals surface area contributed by atoms with Gasteiger partial charge in [-0.3, -0.25) is 0 Å². The number of hydrogen-bond acceptors (Lipinski definition) is 2. The quantitative estimate of drug-likeness (QED) is 0.901. The van der Waals surface area contributed by atoms with Crippen LogP contribution in [0.15, 0.2) is 48.5 Å². The molecule has 0 heterocycles. The predicted octanol–water partition coefficient (Wildman–Crippen LogP) is 4.40. The Kier molecular flexibility index (Phi) is 4.69. The summed E-state index contributed by atoms with van der Waals surface area (Å²) in [5, 5.41) is 10.2. The predicted molar refractivity (Wildman–Crippen MR) is 86.8 cm³/mol. The molecule has 0 aliphatic carbocycles. The molecule has 2 heteroatoms. The minimum atomic E-state index is -0.612. The highest BCUT2D eigenvalue weighted by Gasteiger charge is 2.14. The van der Waals surface area contributed by atoms with Gasteiger partial charge in [-0.15, -0.1) is 0 Å². The summed E-state index contributed by atoms with van der Waals surface area (Å²) in [6.07, 6.45) is -0.612. The molecule has 112 valence electrons. The summed E-state index contributed by atoms with van der Waals surface area (Å²) >= 11 is 0. The van der Waals surface area contributed by atoms with E-state index in [-0.39, 0.29) is 12.0 Å². The van der Waals surface area contributed by atoms with Gasteiger partial charge in [-0.2, -0.15) is 0 Å². The van der Waals surface area contributed by atoms with Crippen LogP contribution >= 0.6 is 0 Å². The van der Waals surface area contributed by atoms with E-state index in [1.807, 2.05) is 43.3 Å². The van der Waals surface area contributed by atoms with Gasteiger partial charge >= 0.3 is 0 Å². The van der Waals surface area contributed by atoms with Crippen molar-refractivity contribution in [1.29, 1.82) is 0 Å². The summed E-state index contributed by atoms with van der Waals surface area (Å²) in [5.41, 5.74) is 3.42. The standard InChI is InChI=1S/C19H24O2/c1-14-6-5-7-17(12-14)21-13-18(20)15-8-10-16(11-9-15)19(2,3)4/h5-12,18,20H,13H2,1-4H3. The number of aliphatic hydroxyl groups excluding tert-OH is 1. The van der Waals surface area contributed by atoms with E-state index < -0.39 is 6.10 Å². The topological polar surface area (TPSA) is 29.5 Å². The van der Waals surface area contributed by atoms with Gasteiger partial charge in [-0.05, 0) is 41.2 Å². The molecule has 2 nitrogen and oxygen atoms in total. The fraction of sp³-hybridized carbons (Fsp3) is 0.368. The van der Waals surface area contributed by atoms with Gasteiger partial charge in [-0.1, -0.05) is 57.2 Å². The summed E-state index contributed by atoms with van der Waals surface area (Å²) in [5.74, 6) is 0.792. The maximum absolute atomic E-state index is 10.2. The lowest BCUT2D eigenvalue weighted by Gasteiger charge is -2.20. The average Bonchev–Trinajstić information content (AvgIpc) is 2.44. The Labute approximate surface area is 127 Å². The number of ether oxygens (including phenoxy) is 1. The summed E-state index contributed by atoms with van der Waals surface area (Å²) in [6.45, 7) is 8.82. The van der Waals surface area contributed by atoms with Gasteiger partial charge in [0, 0.05) is 0 Å². The van der Waals surface area contributed by atoms with E-state index >= 15 is 0 Å². The van der Waals surface area contributed by atoms with Crippen LogP contribution in [0, 0.1) is 6.92 Å². The molecule has 0 fully saturated rings. The minimum Gasteiger partial charge on any atom is -0.491 e. The van der Waals surface area contributed by atoms with Crippen LogP contribution in [0.4, 0.5) is 0 Å². The van der Waals surface area contributed by atoms with Crippen LogP contribution < -0.4 is 4.74 Å². The van der Waals surface area contributed by atoms with Crippen LogP contribution in [0.3, 0.4) is 0 Å². The zero-order valence-corrected chi connectivity index (χ0v) is 13.3. The van der Waals surface area contributed by atoms with Crippen molar-refractivity contribution in [3.05, 3.63) is 65.2 Å². The molecule has 2 rings (SSSR count). The molecule has 21 heavy (non-hydrogen) atoms. The maximum Gasteiger partial charge on any atom is 0.119 e. The lowest BCUT2D eigenvalue weighted by atomic mass is 9.86. The molecule has 0 saturated heterocycles. The molecule has 0 aliphatic heterocycles. The van der Waals surface area contributed by atoms with Crippen molar-refractivity contribution in [3.63, 3.8) is 0 Å². The van der Waals surface area contributed by atoms with E-state index in [1.165, 1.54) is 5.56 Å². The molecule has 0 radical (unpaired) electrons. The third-order valence-electron chi connectivity index (χ3n) is 3.56. The van der Waals surface area contributed by atoms with E-state index in [9.17, 15) is 5.11 Å². The normalized spacial score (nSPS) is 13.0. The van der Waals surface area contributed by atoms with Gasteiger partial charge in [0.15, 0.2) is 0 Å². The number of rotatable bonds is 4. The van der Waals surface area contributed by atoms with Crippen molar-refractivity contribution in [2.75, 3.05) is 6.61 Å². The van der Waals surface area contributed by atoms with Gasteiger partial charge in [0.25, 0.3) is 0 Å². The monoisotopic (exact) mass is 284 g/mol. The van der Waals surface area contributed by atoms with Gasteiger partial charge in [0.05, 0.1) is 0 Å². The summed E-state index contributed by atoms with van der Waals surface area (Å²) in [4.78, 5) is 0. The number of aliphatic hydroxyl groups is 1. The summed E-state index contributed by atoms with van der Waals surface area (Å²) in [7, 11) is 0. The van der Waals surface area contributed by atoms with Crippen molar-refractivity contribution in [1.82, 2.24) is 0 Å². The Morgan fingerprint density at radius 1 is 1.05 bits per heavy atom. The third kappa shape index (κ3) is 4.33.